The molecule has 1 aromatic carbocycles. The molecule has 10 heteroatoms. The normalized spacial score (nSPS) is 18.1. The summed E-state index contributed by atoms with van der Waals surface area (Å²) in [4.78, 5) is 23.1. The van der Waals surface area contributed by atoms with E-state index in [1.807, 2.05) is 0 Å². The fraction of sp³-hybridized carbons (Fsp3) is 0.467. The van der Waals surface area contributed by atoms with Gasteiger partial charge in [0, 0.05) is 25.2 Å². The fourth-order valence-electron chi connectivity index (χ4n) is 2.38. The summed E-state index contributed by atoms with van der Waals surface area (Å²) in [5.74, 6) is -0.599. The van der Waals surface area contributed by atoms with Crippen molar-refractivity contribution in [1.82, 2.24) is 15.4 Å². The van der Waals surface area contributed by atoms with E-state index >= 15 is 0 Å². The lowest BCUT2D eigenvalue weighted by Crippen LogP contribution is -2.48. The summed E-state index contributed by atoms with van der Waals surface area (Å²) in [5, 5.41) is 8.49. The molecule has 25 heavy (non-hydrogen) atoms. The van der Waals surface area contributed by atoms with Crippen LogP contribution in [0.4, 0.5) is 5.69 Å². The number of halogens is 1. The molecule has 1 aliphatic rings. The summed E-state index contributed by atoms with van der Waals surface area (Å²) in [6, 6.07) is 4.88. The average Bonchev–Trinajstić information content (AvgIpc) is 2.99. The van der Waals surface area contributed by atoms with Crippen molar-refractivity contribution in [3.05, 3.63) is 24.3 Å². The summed E-state index contributed by atoms with van der Waals surface area (Å²) < 4.78 is 27.0. The summed E-state index contributed by atoms with van der Waals surface area (Å²) in [7, 11) is -3.82. The lowest BCUT2D eigenvalue weighted by Gasteiger charge is -2.17. The van der Waals surface area contributed by atoms with Gasteiger partial charge in [0.2, 0.25) is 21.8 Å². The smallest absolute Gasteiger partial charge is 0.241 e. The predicted octanol–water partition coefficient (Wildman–Crippen LogP) is 0.212. The van der Waals surface area contributed by atoms with Crippen molar-refractivity contribution in [2.24, 2.45) is 0 Å². The Bertz CT molecular complexity index is 703. The summed E-state index contributed by atoms with van der Waals surface area (Å²) >= 11 is 0. The zero-order chi connectivity index (χ0) is 17.7. The van der Waals surface area contributed by atoms with E-state index in [0.717, 1.165) is 13.0 Å². The molecule has 4 N–H and O–H groups in total. The zero-order valence-corrected chi connectivity index (χ0v) is 15.7. The Morgan fingerprint density at radius 2 is 1.88 bits per heavy atom. The monoisotopic (exact) mass is 390 g/mol. The van der Waals surface area contributed by atoms with Gasteiger partial charge in [0.05, 0.1) is 10.9 Å². The molecule has 0 radical (unpaired) electrons. The van der Waals surface area contributed by atoms with E-state index in [0.29, 0.717) is 12.2 Å². The second-order valence-electron chi connectivity index (χ2n) is 5.75. The van der Waals surface area contributed by atoms with E-state index in [-0.39, 0.29) is 35.2 Å². The molecule has 0 aromatic heterocycles. The first-order valence-electron chi connectivity index (χ1n) is 7.69. The highest BCUT2D eigenvalue weighted by molar-refractivity contribution is 7.89. The molecule has 8 nitrogen and oxygen atoms in total. The van der Waals surface area contributed by atoms with Crippen LogP contribution in [0.5, 0.6) is 0 Å². The number of sulfonamides is 1. The first kappa shape index (κ1) is 21.4. The van der Waals surface area contributed by atoms with E-state index in [4.69, 9.17) is 0 Å². The van der Waals surface area contributed by atoms with E-state index in [2.05, 4.69) is 20.7 Å². The maximum atomic E-state index is 12.3. The van der Waals surface area contributed by atoms with E-state index in [9.17, 15) is 18.0 Å². The summed E-state index contributed by atoms with van der Waals surface area (Å²) in [6.07, 6.45) is 0.829. The number of hydrogen-bond acceptors (Lipinski definition) is 5. The molecule has 2 atom stereocenters. The molecule has 1 aliphatic heterocycles. The molecule has 2 amide bonds. The Balaban J connectivity index is 0.00000312. The topological polar surface area (TPSA) is 116 Å². The molecule has 1 aromatic rings. The van der Waals surface area contributed by atoms with Gasteiger partial charge in [0.15, 0.2) is 0 Å². The van der Waals surface area contributed by atoms with Gasteiger partial charge in [-0.25, -0.2) is 8.42 Å². The van der Waals surface area contributed by atoms with Crippen molar-refractivity contribution in [2.75, 3.05) is 18.4 Å². The standard InChI is InChI=1S/C15H22N4O4S.ClH/c1-10(15(21)18-13-7-8-16-9-13)19-24(22,23)14-5-3-12(4-6-14)17-11(2)20;/h3-6,10,13,16,19H,7-9H2,1-2H3,(H,17,20)(H,18,21);1H. The van der Waals surface area contributed by atoms with Crippen LogP contribution in [0, 0.1) is 0 Å². The SMILES string of the molecule is CC(=O)Nc1ccc(S(=O)(=O)NC(C)C(=O)NC2CCNC2)cc1.Cl. The number of rotatable bonds is 6. The molecule has 0 bridgehead atoms. The largest absolute Gasteiger partial charge is 0.351 e. The molecular weight excluding hydrogens is 368 g/mol. The van der Waals surface area contributed by atoms with Crippen LogP contribution in [0.1, 0.15) is 20.3 Å². The highest BCUT2D eigenvalue weighted by Gasteiger charge is 2.24. The van der Waals surface area contributed by atoms with Gasteiger partial charge in [-0.3, -0.25) is 9.59 Å². The van der Waals surface area contributed by atoms with Gasteiger partial charge in [0.1, 0.15) is 0 Å². The van der Waals surface area contributed by atoms with E-state index in [1.165, 1.54) is 38.1 Å². The van der Waals surface area contributed by atoms with Gasteiger partial charge in [-0.15, -0.1) is 12.4 Å². The molecule has 1 heterocycles. The van der Waals surface area contributed by atoms with Crippen LogP contribution in [-0.2, 0) is 19.6 Å². The van der Waals surface area contributed by atoms with Gasteiger partial charge >= 0.3 is 0 Å². The maximum absolute atomic E-state index is 12.3. The van der Waals surface area contributed by atoms with Crippen molar-refractivity contribution < 1.29 is 18.0 Å². The number of anilines is 1. The number of hydrogen-bond donors (Lipinski definition) is 4. The number of carbonyl (C=O) groups is 2. The minimum atomic E-state index is -3.82. The summed E-state index contributed by atoms with van der Waals surface area (Å²) in [6.45, 7) is 4.40. The molecule has 0 saturated carbocycles. The fourth-order valence-corrected chi connectivity index (χ4v) is 3.58. The molecular formula is C15H23ClN4O4S. The second kappa shape index (κ2) is 9.14. The Morgan fingerprint density at radius 3 is 2.40 bits per heavy atom. The quantitative estimate of drug-likeness (QED) is 0.554. The number of carbonyl (C=O) groups excluding carboxylic acids is 2. The Kier molecular flexibility index (Phi) is 7.81. The van der Waals surface area contributed by atoms with Crippen LogP contribution in [0.2, 0.25) is 0 Å². The molecule has 1 saturated heterocycles. The van der Waals surface area contributed by atoms with Crippen LogP contribution in [-0.4, -0.2) is 45.4 Å². The third kappa shape index (κ3) is 6.28. The van der Waals surface area contributed by atoms with Gasteiger partial charge in [0.25, 0.3) is 0 Å². The van der Waals surface area contributed by atoms with Crippen LogP contribution < -0.4 is 20.7 Å². The molecule has 140 valence electrons. The van der Waals surface area contributed by atoms with Gasteiger partial charge in [-0.1, -0.05) is 0 Å². The maximum Gasteiger partial charge on any atom is 0.241 e. The van der Waals surface area contributed by atoms with Gasteiger partial charge in [-0.05, 0) is 44.2 Å². The Hall–Kier alpha value is -1.68. The number of nitrogens with one attached hydrogen (secondary N) is 4. The van der Waals surface area contributed by atoms with Crippen molar-refractivity contribution >= 4 is 39.9 Å². The molecule has 0 spiro atoms. The lowest BCUT2D eigenvalue weighted by molar-refractivity contribution is -0.123. The van der Waals surface area contributed by atoms with E-state index < -0.39 is 16.1 Å². The van der Waals surface area contributed by atoms with Crippen LogP contribution >= 0.6 is 12.4 Å². The third-order valence-electron chi connectivity index (χ3n) is 3.62. The summed E-state index contributed by atoms with van der Waals surface area (Å²) in [5.41, 5.74) is 0.501. The van der Waals surface area contributed by atoms with Crippen molar-refractivity contribution in [1.29, 1.82) is 0 Å². The predicted molar refractivity (Wildman–Crippen MR) is 97.2 cm³/mol. The van der Waals surface area contributed by atoms with E-state index in [1.54, 1.807) is 0 Å². The highest BCUT2D eigenvalue weighted by atomic mass is 35.5. The minimum absolute atomic E-state index is 0. The van der Waals surface area contributed by atoms with Gasteiger partial charge < -0.3 is 16.0 Å². The van der Waals surface area contributed by atoms with Gasteiger partial charge in [-0.2, -0.15) is 4.72 Å². The van der Waals surface area contributed by atoms with Crippen LogP contribution in [0.3, 0.4) is 0 Å². The second-order valence-corrected chi connectivity index (χ2v) is 7.46. The van der Waals surface area contributed by atoms with Crippen molar-refractivity contribution in [3.8, 4) is 0 Å². The molecule has 2 unspecified atom stereocenters. The number of benzene rings is 1. The molecule has 2 rings (SSSR count). The molecule has 0 aliphatic carbocycles. The van der Waals surface area contributed by atoms with Crippen LogP contribution in [0.25, 0.3) is 0 Å². The first-order chi connectivity index (χ1) is 11.3. The highest BCUT2D eigenvalue weighted by Crippen LogP contribution is 2.14. The first-order valence-corrected chi connectivity index (χ1v) is 9.17. The Labute approximate surface area is 153 Å². The zero-order valence-electron chi connectivity index (χ0n) is 14.0. The average molecular weight is 391 g/mol. The lowest BCUT2D eigenvalue weighted by atomic mass is 10.2. The number of amides is 2. The van der Waals surface area contributed by atoms with Crippen LogP contribution in [0.15, 0.2) is 29.2 Å². The van der Waals surface area contributed by atoms with Crippen molar-refractivity contribution in [3.63, 3.8) is 0 Å². The Morgan fingerprint density at radius 1 is 1.24 bits per heavy atom. The minimum Gasteiger partial charge on any atom is -0.351 e. The molecule has 1 fully saturated rings. The third-order valence-corrected chi connectivity index (χ3v) is 5.17. The van der Waals surface area contributed by atoms with Crippen molar-refractivity contribution in [2.45, 2.75) is 37.2 Å².